The van der Waals surface area contributed by atoms with Crippen LogP contribution in [0.15, 0.2) is 60.7 Å². The van der Waals surface area contributed by atoms with Gasteiger partial charge in [-0.3, -0.25) is 0 Å². The molecule has 2 heterocycles. The van der Waals surface area contributed by atoms with Gasteiger partial charge in [-0.05, 0) is 36.2 Å². The van der Waals surface area contributed by atoms with Crippen LogP contribution < -0.4 is 19.1 Å². The van der Waals surface area contributed by atoms with Crippen molar-refractivity contribution in [2.45, 2.75) is 13.3 Å². The van der Waals surface area contributed by atoms with Crippen molar-refractivity contribution in [3.05, 3.63) is 71.8 Å². The van der Waals surface area contributed by atoms with Crippen LogP contribution in [0.5, 0.6) is 17.5 Å². The molecule has 4 aromatic rings. The topological polar surface area (TPSA) is 65.9 Å². The first-order valence-corrected chi connectivity index (χ1v) is 12.2. The number of ether oxygens (including phenoxy) is 4. The maximum atomic E-state index is 6.08. The number of morpholine rings is 1. The van der Waals surface area contributed by atoms with Gasteiger partial charge in [0.1, 0.15) is 5.82 Å². The van der Waals surface area contributed by atoms with Crippen LogP contribution in [0.2, 0.25) is 0 Å². The second-order valence-corrected chi connectivity index (χ2v) is 8.78. The van der Waals surface area contributed by atoms with Gasteiger partial charge in [-0.25, -0.2) is 0 Å². The predicted molar refractivity (Wildman–Crippen MR) is 141 cm³/mol. The Balaban J connectivity index is 1.45. The molecule has 1 aliphatic heterocycles. The SMILES string of the molecule is COc1cccc(CCOc2nc(N3CCOCC3)c3cc(-c4cccc(C)c4)ccc3n2)c1OC. The number of methoxy groups -OCH3 is 2. The molecule has 7 nitrogen and oxygen atoms in total. The number of fused-ring (bicyclic) bond motifs is 1. The zero-order chi connectivity index (χ0) is 24.9. The molecule has 1 saturated heterocycles. The van der Waals surface area contributed by atoms with Gasteiger partial charge in [-0.15, -0.1) is 0 Å². The normalized spacial score (nSPS) is 13.6. The zero-order valence-electron chi connectivity index (χ0n) is 21.0. The minimum atomic E-state index is 0.370. The quantitative estimate of drug-likeness (QED) is 0.345. The van der Waals surface area contributed by atoms with E-state index in [1.807, 2.05) is 18.2 Å². The average Bonchev–Trinajstić information content (AvgIpc) is 2.92. The van der Waals surface area contributed by atoms with Crippen molar-refractivity contribution in [1.29, 1.82) is 0 Å². The van der Waals surface area contributed by atoms with Gasteiger partial charge in [0.15, 0.2) is 11.5 Å². The van der Waals surface area contributed by atoms with Gasteiger partial charge in [0, 0.05) is 30.5 Å². The van der Waals surface area contributed by atoms with Crippen molar-refractivity contribution in [3.63, 3.8) is 0 Å². The Morgan fingerprint density at radius 2 is 1.69 bits per heavy atom. The molecule has 7 heteroatoms. The maximum Gasteiger partial charge on any atom is 0.318 e. The Bertz CT molecular complexity index is 1350. The summed E-state index contributed by atoms with van der Waals surface area (Å²) in [6.45, 7) is 5.43. The zero-order valence-corrected chi connectivity index (χ0v) is 21.0. The van der Waals surface area contributed by atoms with E-state index in [4.69, 9.17) is 28.9 Å². The molecular formula is C29H31N3O4. The summed E-state index contributed by atoms with van der Waals surface area (Å²) in [4.78, 5) is 11.9. The van der Waals surface area contributed by atoms with Crippen molar-refractivity contribution in [1.82, 2.24) is 9.97 Å². The second-order valence-electron chi connectivity index (χ2n) is 8.78. The number of benzene rings is 3. The molecule has 1 fully saturated rings. The molecular weight excluding hydrogens is 454 g/mol. The van der Waals surface area contributed by atoms with Gasteiger partial charge < -0.3 is 23.8 Å². The summed E-state index contributed by atoms with van der Waals surface area (Å²) in [5.74, 6) is 2.31. The minimum absolute atomic E-state index is 0.370. The molecule has 1 aliphatic rings. The number of anilines is 1. The van der Waals surface area contributed by atoms with Crippen LogP contribution in [0.1, 0.15) is 11.1 Å². The molecule has 0 aliphatic carbocycles. The van der Waals surface area contributed by atoms with Crippen LogP contribution in [-0.4, -0.2) is 57.1 Å². The lowest BCUT2D eigenvalue weighted by Gasteiger charge is -2.29. The fraction of sp³-hybridized carbons (Fsp3) is 0.310. The van der Waals surface area contributed by atoms with Gasteiger partial charge in [-0.1, -0.05) is 48.0 Å². The van der Waals surface area contributed by atoms with Crippen LogP contribution in [0.3, 0.4) is 0 Å². The molecule has 1 aromatic heterocycles. The first-order chi connectivity index (χ1) is 17.7. The molecule has 0 spiro atoms. The monoisotopic (exact) mass is 485 g/mol. The highest BCUT2D eigenvalue weighted by Crippen LogP contribution is 2.33. The maximum absolute atomic E-state index is 6.08. The molecule has 0 saturated carbocycles. The summed E-state index contributed by atoms with van der Waals surface area (Å²) in [6, 6.07) is 21.1. The molecule has 36 heavy (non-hydrogen) atoms. The molecule has 0 amide bonds. The van der Waals surface area contributed by atoms with Gasteiger partial charge in [-0.2, -0.15) is 9.97 Å². The largest absolute Gasteiger partial charge is 0.493 e. The summed E-state index contributed by atoms with van der Waals surface area (Å²) in [5.41, 5.74) is 5.42. The molecule has 3 aromatic carbocycles. The number of aryl methyl sites for hydroxylation is 1. The summed E-state index contributed by atoms with van der Waals surface area (Å²) < 4.78 is 22.6. The predicted octanol–water partition coefficient (Wildman–Crippen LogP) is 5.08. The molecule has 186 valence electrons. The Hall–Kier alpha value is -3.84. The minimum Gasteiger partial charge on any atom is -0.493 e. The van der Waals surface area contributed by atoms with Crippen molar-refractivity contribution in [2.24, 2.45) is 0 Å². The van der Waals surface area contributed by atoms with E-state index < -0.39 is 0 Å². The smallest absolute Gasteiger partial charge is 0.318 e. The Morgan fingerprint density at radius 1 is 0.889 bits per heavy atom. The molecule has 0 radical (unpaired) electrons. The molecule has 0 atom stereocenters. The van der Waals surface area contributed by atoms with Gasteiger partial charge in [0.2, 0.25) is 0 Å². The van der Waals surface area contributed by atoms with Crippen molar-refractivity contribution >= 4 is 16.7 Å². The number of hydrogen-bond donors (Lipinski definition) is 0. The summed E-state index contributed by atoms with van der Waals surface area (Å²) in [7, 11) is 3.28. The standard InChI is InChI=1S/C29H31N3O4/c1-20-6-4-8-22(18-20)23-10-11-25-24(19-23)28(32-13-16-35-17-14-32)31-29(30-25)36-15-12-21-7-5-9-26(33-2)27(21)34-3/h4-11,18-19H,12-17H2,1-3H3. The summed E-state index contributed by atoms with van der Waals surface area (Å²) >= 11 is 0. The molecule has 0 unspecified atom stereocenters. The third-order valence-electron chi connectivity index (χ3n) is 6.40. The first kappa shape index (κ1) is 23.9. The summed E-state index contributed by atoms with van der Waals surface area (Å²) in [6.07, 6.45) is 0.640. The Kier molecular flexibility index (Phi) is 7.18. The third-order valence-corrected chi connectivity index (χ3v) is 6.40. The first-order valence-electron chi connectivity index (χ1n) is 12.2. The van der Waals surface area contributed by atoms with Crippen LogP contribution in [0.4, 0.5) is 5.82 Å². The van der Waals surface area contributed by atoms with Crippen LogP contribution >= 0.6 is 0 Å². The number of aromatic nitrogens is 2. The lowest BCUT2D eigenvalue weighted by molar-refractivity contribution is 0.122. The van der Waals surface area contributed by atoms with Gasteiger partial charge in [0.05, 0.1) is 39.6 Å². The average molecular weight is 486 g/mol. The van der Waals surface area contributed by atoms with E-state index >= 15 is 0 Å². The van der Waals surface area contributed by atoms with Crippen molar-refractivity contribution < 1.29 is 18.9 Å². The van der Waals surface area contributed by atoms with Crippen LogP contribution in [0, 0.1) is 6.92 Å². The van der Waals surface area contributed by atoms with Crippen LogP contribution in [-0.2, 0) is 11.2 Å². The summed E-state index contributed by atoms with van der Waals surface area (Å²) in [5, 5.41) is 1.01. The highest BCUT2D eigenvalue weighted by molar-refractivity contribution is 5.93. The van der Waals surface area contributed by atoms with E-state index in [9.17, 15) is 0 Å². The second kappa shape index (κ2) is 10.8. The van der Waals surface area contributed by atoms with Crippen molar-refractivity contribution in [2.75, 3.05) is 52.0 Å². The molecule has 5 rings (SSSR count). The van der Waals surface area contributed by atoms with E-state index in [2.05, 4.69) is 54.3 Å². The van der Waals surface area contributed by atoms with E-state index in [1.54, 1.807) is 14.2 Å². The Morgan fingerprint density at radius 3 is 2.47 bits per heavy atom. The Labute approximate surface area is 211 Å². The lowest BCUT2D eigenvalue weighted by atomic mass is 10.0. The van der Waals surface area contributed by atoms with Gasteiger partial charge in [0.25, 0.3) is 0 Å². The highest BCUT2D eigenvalue weighted by Gasteiger charge is 2.19. The van der Waals surface area contributed by atoms with Gasteiger partial charge >= 0.3 is 6.01 Å². The number of nitrogens with zero attached hydrogens (tertiary/aromatic N) is 3. The van der Waals surface area contributed by atoms with E-state index in [0.29, 0.717) is 38.0 Å². The van der Waals surface area contributed by atoms with E-state index in [0.717, 1.165) is 46.7 Å². The lowest BCUT2D eigenvalue weighted by Crippen LogP contribution is -2.37. The molecule has 0 bridgehead atoms. The van der Waals surface area contributed by atoms with E-state index in [1.165, 1.54) is 11.1 Å². The molecule has 0 N–H and O–H groups in total. The third kappa shape index (κ3) is 5.06. The van der Waals surface area contributed by atoms with E-state index in [-0.39, 0.29) is 0 Å². The fourth-order valence-corrected chi connectivity index (χ4v) is 4.58. The highest BCUT2D eigenvalue weighted by atomic mass is 16.5. The van der Waals surface area contributed by atoms with Crippen LogP contribution in [0.25, 0.3) is 22.0 Å². The van der Waals surface area contributed by atoms with Crippen molar-refractivity contribution in [3.8, 4) is 28.6 Å². The fourth-order valence-electron chi connectivity index (χ4n) is 4.58. The number of rotatable bonds is 8. The number of hydrogen-bond acceptors (Lipinski definition) is 7. The number of para-hydroxylation sites is 1.